The smallest absolute Gasteiger partial charge is 0.171 e. The van der Waals surface area contributed by atoms with Crippen LogP contribution in [0.25, 0.3) is 6.08 Å². The van der Waals surface area contributed by atoms with E-state index in [4.69, 9.17) is 16.3 Å². The fourth-order valence-electron chi connectivity index (χ4n) is 1.03. The number of hydrogen-bond acceptors (Lipinski definition) is 3. The highest BCUT2D eigenvalue weighted by molar-refractivity contribution is 6.44. The van der Waals surface area contributed by atoms with Crippen molar-refractivity contribution in [2.75, 3.05) is 7.11 Å². The summed E-state index contributed by atoms with van der Waals surface area (Å²) in [5, 5.41) is 9.47. The second-order valence-corrected chi connectivity index (χ2v) is 3.39. The minimum absolute atomic E-state index is 0.0496. The number of methoxy groups -OCH3 is 1. The lowest BCUT2D eigenvalue weighted by Gasteiger charge is -2.03. The summed E-state index contributed by atoms with van der Waals surface area (Å²) in [5.74, 6) is 0.189. The first-order chi connectivity index (χ1) is 7.04. The van der Waals surface area contributed by atoms with Crippen LogP contribution in [0.4, 0.5) is 0 Å². The summed E-state index contributed by atoms with van der Waals surface area (Å²) in [6, 6.07) is 4.72. The van der Waals surface area contributed by atoms with Crippen LogP contribution in [0.15, 0.2) is 23.2 Å². The summed E-state index contributed by atoms with van der Waals surface area (Å²) < 4.78 is 4.92. The Morgan fingerprint density at radius 3 is 2.73 bits per heavy atom. The average molecular weight is 227 g/mol. The van der Waals surface area contributed by atoms with Gasteiger partial charge in [0, 0.05) is 6.92 Å². The number of aromatic hydroxyl groups is 1. The van der Waals surface area contributed by atoms with E-state index < -0.39 is 0 Å². The van der Waals surface area contributed by atoms with Crippen molar-refractivity contribution in [2.24, 2.45) is 0 Å². The quantitative estimate of drug-likeness (QED) is 0.806. The Morgan fingerprint density at radius 1 is 1.53 bits per heavy atom. The molecule has 0 saturated heterocycles. The largest absolute Gasteiger partial charge is 0.504 e. The van der Waals surface area contributed by atoms with Gasteiger partial charge in [-0.15, -0.1) is 0 Å². The molecule has 0 heterocycles. The third-order valence-corrected chi connectivity index (χ3v) is 2.21. The number of carbonyl (C=O) groups excluding carboxylic acids is 1. The van der Waals surface area contributed by atoms with Crippen LogP contribution in [0.1, 0.15) is 12.5 Å². The van der Waals surface area contributed by atoms with Crippen LogP contribution in [-0.2, 0) is 4.79 Å². The summed E-state index contributed by atoms with van der Waals surface area (Å²) in [6.45, 7) is 1.39. The highest BCUT2D eigenvalue weighted by Crippen LogP contribution is 2.27. The third-order valence-electron chi connectivity index (χ3n) is 1.83. The molecule has 15 heavy (non-hydrogen) atoms. The molecule has 0 saturated carbocycles. The van der Waals surface area contributed by atoms with Crippen molar-refractivity contribution in [3.8, 4) is 11.5 Å². The SMILES string of the molecule is COc1cc(C=C(Cl)C(C)=O)ccc1O. The zero-order chi connectivity index (χ0) is 11.4. The molecule has 3 nitrogen and oxygen atoms in total. The van der Waals surface area contributed by atoms with Crippen LogP contribution in [-0.4, -0.2) is 18.0 Å². The van der Waals surface area contributed by atoms with Crippen molar-refractivity contribution < 1.29 is 14.6 Å². The number of allylic oxidation sites excluding steroid dienone is 1. The maximum absolute atomic E-state index is 10.9. The Bertz CT molecular complexity index is 410. The summed E-state index contributed by atoms with van der Waals surface area (Å²) in [6.07, 6.45) is 1.52. The topological polar surface area (TPSA) is 46.5 Å². The van der Waals surface area contributed by atoms with Crippen LogP contribution >= 0.6 is 11.6 Å². The second-order valence-electron chi connectivity index (χ2n) is 2.98. The molecule has 1 aromatic rings. The summed E-state index contributed by atoms with van der Waals surface area (Å²) in [7, 11) is 1.45. The lowest BCUT2D eigenvalue weighted by atomic mass is 10.1. The molecule has 0 amide bonds. The summed E-state index contributed by atoms with van der Waals surface area (Å²) >= 11 is 5.69. The minimum Gasteiger partial charge on any atom is -0.504 e. The molecule has 0 radical (unpaired) electrons. The van der Waals surface area contributed by atoms with Crippen LogP contribution in [0, 0.1) is 0 Å². The predicted octanol–water partition coefficient (Wildman–Crippen LogP) is 2.57. The van der Waals surface area contributed by atoms with E-state index in [0.29, 0.717) is 11.3 Å². The standard InChI is InChI=1S/C11H11ClO3/c1-7(13)9(12)5-8-3-4-10(14)11(6-8)15-2/h3-6,14H,1-2H3. The van der Waals surface area contributed by atoms with Crippen molar-refractivity contribution in [1.29, 1.82) is 0 Å². The molecule has 80 valence electrons. The molecule has 1 aromatic carbocycles. The van der Waals surface area contributed by atoms with Gasteiger partial charge in [0.2, 0.25) is 0 Å². The summed E-state index contributed by atoms with van der Waals surface area (Å²) in [5.41, 5.74) is 0.699. The van der Waals surface area contributed by atoms with Gasteiger partial charge in [0.15, 0.2) is 17.3 Å². The van der Waals surface area contributed by atoms with E-state index >= 15 is 0 Å². The third kappa shape index (κ3) is 2.99. The van der Waals surface area contributed by atoms with Crippen molar-refractivity contribution in [3.63, 3.8) is 0 Å². The van der Waals surface area contributed by atoms with Gasteiger partial charge >= 0.3 is 0 Å². The Balaban J connectivity index is 3.07. The number of rotatable bonds is 3. The van der Waals surface area contributed by atoms with Crippen molar-refractivity contribution >= 4 is 23.5 Å². The molecular formula is C11H11ClO3. The van der Waals surface area contributed by atoms with Gasteiger partial charge in [-0.3, -0.25) is 4.79 Å². The van der Waals surface area contributed by atoms with E-state index in [0.717, 1.165) is 0 Å². The van der Waals surface area contributed by atoms with Gasteiger partial charge in [-0.25, -0.2) is 0 Å². The highest BCUT2D eigenvalue weighted by Gasteiger charge is 2.03. The Kier molecular flexibility index (Phi) is 3.74. The fourth-order valence-corrected chi connectivity index (χ4v) is 1.16. The van der Waals surface area contributed by atoms with Crippen molar-refractivity contribution in [2.45, 2.75) is 6.92 Å². The van der Waals surface area contributed by atoms with E-state index in [9.17, 15) is 9.90 Å². The van der Waals surface area contributed by atoms with Gasteiger partial charge in [0.1, 0.15) is 0 Å². The molecule has 0 bridgehead atoms. The Labute approximate surface area is 92.9 Å². The second kappa shape index (κ2) is 4.84. The zero-order valence-electron chi connectivity index (χ0n) is 8.45. The molecule has 0 aliphatic carbocycles. The first kappa shape index (κ1) is 11.6. The van der Waals surface area contributed by atoms with Crippen molar-refractivity contribution in [1.82, 2.24) is 0 Å². The molecule has 4 heteroatoms. The molecule has 0 unspecified atom stereocenters. The molecule has 0 aliphatic rings. The van der Waals surface area contributed by atoms with Crippen LogP contribution in [0.3, 0.4) is 0 Å². The number of phenolic OH excluding ortho intramolecular Hbond substituents is 1. The minimum atomic E-state index is -0.205. The molecule has 0 atom stereocenters. The van der Waals surface area contributed by atoms with Gasteiger partial charge < -0.3 is 9.84 Å². The molecule has 0 spiro atoms. The highest BCUT2D eigenvalue weighted by atomic mass is 35.5. The van der Waals surface area contributed by atoms with Gasteiger partial charge in [0.05, 0.1) is 12.1 Å². The molecule has 0 fully saturated rings. The first-order valence-electron chi connectivity index (χ1n) is 4.29. The number of ether oxygens (including phenoxy) is 1. The van der Waals surface area contributed by atoms with Gasteiger partial charge in [0.25, 0.3) is 0 Å². The van der Waals surface area contributed by atoms with Crippen LogP contribution in [0.2, 0.25) is 0 Å². The maximum Gasteiger partial charge on any atom is 0.171 e. The molecule has 0 aliphatic heterocycles. The Hall–Kier alpha value is -1.48. The van der Waals surface area contributed by atoms with E-state index in [1.807, 2.05) is 0 Å². The van der Waals surface area contributed by atoms with Gasteiger partial charge in [-0.1, -0.05) is 17.7 Å². The molecular weight excluding hydrogens is 216 g/mol. The van der Waals surface area contributed by atoms with E-state index in [1.165, 1.54) is 26.2 Å². The van der Waals surface area contributed by atoms with E-state index in [-0.39, 0.29) is 16.6 Å². The number of ketones is 1. The number of carbonyl (C=O) groups is 1. The number of halogens is 1. The number of Topliss-reactive ketones (excluding diaryl/α,β-unsaturated/α-hetero) is 1. The monoisotopic (exact) mass is 226 g/mol. The van der Waals surface area contributed by atoms with Crippen LogP contribution in [0.5, 0.6) is 11.5 Å². The van der Waals surface area contributed by atoms with Gasteiger partial charge in [-0.2, -0.15) is 0 Å². The van der Waals surface area contributed by atoms with Gasteiger partial charge in [-0.05, 0) is 23.8 Å². The van der Waals surface area contributed by atoms with Crippen LogP contribution < -0.4 is 4.74 Å². The normalized spacial score (nSPS) is 11.3. The van der Waals surface area contributed by atoms with Crippen molar-refractivity contribution in [3.05, 3.63) is 28.8 Å². The lowest BCUT2D eigenvalue weighted by Crippen LogP contribution is -1.89. The first-order valence-corrected chi connectivity index (χ1v) is 4.67. The predicted molar refractivity (Wildman–Crippen MR) is 59.2 cm³/mol. The number of hydrogen-bond donors (Lipinski definition) is 1. The van der Waals surface area contributed by atoms with E-state index in [2.05, 4.69) is 0 Å². The van der Waals surface area contributed by atoms with E-state index in [1.54, 1.807) is 12.1 Å². The summed E-state index contributed by atoms with van der Waals surface area (Å²) in [4.78, 5) is 10.9. The molecule has 1 rings (SSSR count). The number of phenols is 1. The fraction of sp³-hybridized carbons (Fsp3) is 0.182. The number of benzene rings is 1. The lowest BCUT2D eigenvalue weighted by molar-refractivity contribution is -0.112. The maximum atomic E-state index is 10.9. The molecule has 0 aromatic heterocycles. The zero-order valence-corrected chi connectivity index (χ0v) is 9.21. The molecule has 1 N–H and O–H groups in total. The Morgan fingerprint density at radius 2 is 2.20 bits per heavy atom. The average Bonchev–Trinajstić information content (AvgIpc) is 2.20.